The second-order valence-corrected chi connectivity index (χ2v) is 5.87. The molecule has 0 aliphatic carbocycles. The molecule has 0 bridgehead atoms. The predicted molar refractivity (Wildman–Crippen MR) is 93.6 cm³/mol. The quantitative estimate of drug-likeness (QED) is 0.682. The van der Waals surface area contributed by atoms with Crippen LogP contribution in [0.4, 0.5) is 8.78 Å². The third kappa shape index (κ3) is 6.76. The normalized spacial score (nSPS) is 18.5. The van der Waals surface area contributed by atoms with Crippen molar-refractivity contribution in [1.29, 1.82) is 0 Å². The Hall–Kier alpha value is -1.44. The van der Waals surface area contributed by atoms with Gasteiger partial charge in [0.15, 0.2) is 0 Å². The minimum Gasteiger partial charge on any atom is -0.491 e. The lowest BCUT2D eigenvalue weighted by molar-refractivity contribution is -0.123. The van der Waals surface area contributed by atoms with Gasteiger partial charge in [-0.2, -0.15) is 0 Å². The molecule has 0 saturated carbocycles. The average Bonchev–Trinajstić information content (AvgIpc) is 2.90. The molecule has 1 fully saturated rings. The van der Waals surface area contributed by atoms with Crippen LogP contribution in [-0.2, 0) is 16.1 Å². The molecule has 2 rings (SSSR count). The number of carbonyl (C=O) groups excluding carboxylic acids is 1. The molecule has 1 aliphatic heterocycles. The Morgan fingerprint density at radius 3 is 2.80 bits per heavy atom. The van der Waals surface area contributed by atoms with E-state index in [9.17, 15) is 13.6 Å². The number of carbonyl (C=O) groups is 1. The van der Waals surface area contributed by atoms with Gasteiger partial charge in [-0.3, -0.25) is 10.1 Å². The summed E-state index contributed by atoms with van der Waals surface area (Å²) < 4.78 is 37.2. The molecule has 1 amide bonds. The maximum absolute atomic E-state index is 13.2. The lowest BCUT2D eigenvalue weighted by Crippen LogP contribution is -2.40. The molecule has 142 valence electrons. The van der Waals surface area contributed by atoms with E-state index in [1.54, 1.807) is 0 Å². The van der Waals surface area contributed by atoms with E-state index in [1.165, 1.54) is 0 Å². The molecule has 1 atom stereocenters. The number of benzene rings is 1. The van der Waals surface area contributed by atoms with Crippen LogP contribution >= 0.6 is 12.4 Å². The summed E-state index contributed by atoms with van der Waals surface area (Å²) >= 11 is 0. The van der Waals surface area contributed by atoms with Crippen molar-refractivity contribution in [3.63, 3.8) is 0 Å². The molecule has 1 aliphatic rings. The molecule has 0 aromatic heterocycles. The first-order chi connectivity index (χ1) is 11.4. The van der Waals surface area contributed by atoms with E-state index in [-0.39, 0.29) is 19.0 Å². The van der Waals surface area contributed by atoms with Crippen molar-refractivity contribution in [3.05, 3.63) is 29.3 Å². The van der Waals surface area contributed by atoms with Crippen LogP contribution in [0.15, 0.2) is 18.2 Å². The molecular weight excluding hydrogens is 354 g/mol. The van der Waals surface area contributed by atoms with Gasteiger partial charge < -0.3 is 14.8 Å². The van der Waals surface area contributed by atoms with E-state index in [0.717, 1.165) is 11.1 Å². The van der Waals surface area contributed by atoms with Gasteiger partial charge in [0.2, 0.25) is 5.91 Å². The summed E-state index contributed by atoms with van der Waals surface area (Å²) in [6, 6.07) is 4.81. The van der Waals surface area contributed by atoms with E-state index in [1.807, 2.05) is 32.0 Å². The number of hydrogen-bond acceptors (Lipinski definition) is 4. The number of nitrogens with one attached hydrogen (secondary N) is 2. The van der Waals surface area contributed by atoms with Crippen molar-refractivity contribution < 1.29 is 23.0 Å². The first-order valence-electron chi connectivity index (χ1n) is 8.10. The van der Waals surface area contributed by atoms with Crippen molar-refractivity contribution in [3.8, 4) is 5.75 Å². The Balaban J connectivity index is 0.00000312. The molecule has 0 radical (unpaired) electrons. The fourth-order valence-electron chi connectivity index (χ4n) is 2.50. The monoisotopic (exact) mass is 378 g/mol. The maximum Gasteiger partial charge on any atom is 0.262 e. The van der Waals surface area contributed by atoms with Crippen molar-refractivity contribution in [2.45, 2.75) is 38.8 Å². The minimum atomic E-state index is -2.82. The number of aryl methyl sites for hydroxylation is 1. The van der Waals surface area contributed by atoms with Crippen LogP contribution in [0.5, 0.6) is 5.75 Å². The molecule has 1 heterocycles. The standard InChI is InChI=1S/C17H24F2N2O3.ClH/c1-3-23-6-7-24-15-8-12(2)4-5-13(15)10-20-16(22)14-9-17(18,19)11-21-14;/h4-5,8,14,21H,3,6-7,9-11H2,1-2H3,(H,20,22);1H. The van der Waals surface area contributed by atoms with E-state index in [2.05, 4.69) is 10.6 Å². The number of amides is 1. The summed E-state index contributed by atoms with van der Waals surface area (Å²) in [5, 5.41) is 5.24. The van der Waals surface area contributed by atoms with E-state index in [4.69, 9.17) is 9.47 Å². The van der Waals surface area contributed by atoms with Gasteiger partial charge >= 0.3 is 0 Å². The van der Waals surface area contributed by atoms with Gasteiger partial charge in [0.1, 0.15) is 12.4 Å². The summed E-state index contributed by atoms with van der Waals surface area (Å²) in [7, 11) is 0. The third-order valence-corrected chi connectivity index (χ3v) is 3.79. The van der Waals surface area contributed by atoms with Gasteiger partial charge in [0, 0.05) is 25.1 Å². The van der Waals surface area contributed by atoms with Gasteiger partial charge in [-0.25, -0.2) is 8.78 Å². The van der Waals surface area contributed by atoms with Gasteiger partial charge in [-0.1, -0.05) is 12.1 Å². The molecule has 25 heavy (non-hydrogen) atoms. The zero-order valence-corrected chi connectivity index (χ0v) is 15.3. The fraction of sp³-hybridized carbons (Fsp3) is 0.588. The van der Waals surface area contributed by atoms with Crippen LogP contribution in [0.1, 0.15) is 24.5 Å². The minimum absolute atomic E-state index is 0. The van der Waals surface area contributed by atoms with Crippen LogP contribution in [0.3, 0.4) is 0 Å². The summed E-state index contributed by atoms with van der Waals surface area (Å²) in [5.41, 5.74) is 1.84. The number of halogens is 3. The number of rotatable bonds is 8. The summed E-state index contributed by atoms with van der Waals surface area (Å²) in [5.74, 6) is -2.58. The Labute approximate surface area is 152 Å². The SMILES string of the molecule is CCOCCOc1cc(C)ccc1CNC(=O)C1CC(F)(F)CN1.Cl. The first-order valence-corrected chi connectivity index (χ1v) is 8.10. The van der Waals surface area contributed by atoms with Crippen LogP contribution in [-0.4, -0.2) is 44.2 Å². The summed E-state index contributed by atoms with van der Waals surface area (Å²) in [6.07, 6.45) is -0.468. The number of hydrogen-bond donors (Lipinski definition) is 2. The van der Waals surface area contributed by atoms with Crippen molar-refractivity contribution in [2.24, 2.45) is 0 Å². The van der Waals surface area contributed by atoms with Gasteiger partial charge in [-0.15, -0.1) is 12.4 Å². The molecular formula is C17H25ClF2N2O3. The van der Waals surface area contributed by atoms with E-state index in [0.29, 0.717) is 25.6 Å². The highest BCUT2D eigenvalue weighted by molar-refractivity contribution is 5.85. The smallest absolute Gasteiger partial charge is 0.262 e. The average molecular weight is 379 g/mol. The third-order valence-electron chi connectivity index (χ3n) is 3.79. The second-order valence-electron chi connectivity index (χ2n) is 5.87. The Kier molecular flexibility index (Phi) is 8.55. The predicted octanol–water partition coefficient (Wildman–Crippen LogP) is 2.45. The molecule has 2 N–H and O–H groups in total. The molecule has 0 spiro atoms. The van der Waals surface area contributed by atoms with Gasteiger partial charge in [0.25, 0.3) is 5.92 Å². The van der Waals surface area contributed by atoms with Crippen LogP contribution < -0.4 is 15.4 Å². The Morgan fingerprint density at radius 2 is 2.16 bits per heavy atom. The van der Waals surface area contributed by atoms with Crippen molar-refractivity contribution >= 4 is 18.3 Å². The highest BCUT2D eigenvalue weighted by Gasteiger charge is 2.42. The van der Waals surface area contributed by atoms with Crippen LogP contribution in [0, 0.1) is 6.92 Å². The van der Waals surface area contributed by atoms with Crippen LogP contribution in [0.25, 0.3) is 0 Å². The van der Waals surface area contributed by atoms with Crippen molar-refractivity contribution in [1.82, 2.24) is 10.6 Å². The highest BCUT2D eigenvalue weighted by Crippen LogP contribution is 2.25. The zero-order chi connectivity index (χ0) is 17.6. The number of alkyl halides is 2. The largest absolute Gasteiger partial charge is 0.491 e. The molecule has 1 aromatic carbocycles. The fourth-order valence-corrected chi connectivity index (χ4v) is 2.50. The topological polar surface area (TPSA) is 59.6 Å². The lowest BCUT2D eigenvalue weighted by Gasteiger charge is -2.15. The summed E-state index contributed by atoms with van der Waals surface area (Å²) in [4.78, 5) is 12.0. The maximum atomic E-state index is 13.2. The van der Waals surface area contributed by atoms with Crippen molar-refractivity contribution in [2.75, 3.05) is 26.4 Å². The lowest BCUT2D eigenvalue weighted by atomic mass is 10.1. The number of ether oxygens (including phenoxy) is 2. The molecule has 1 unspecified atom stereocenters. The van der Waals surface area contributed by atoms with Gasteiger partial charge in [-0.05, 0) is 25.5 Å². The Bertz CT molecular complexity index is 573. The molecule has 1 saturated heterocycles. The van der Waals surface area contributed by atoms with E-state index < -0.39 is 30.8 Å². The molecule has 5 nitrogen and oxygen atoms in total. The summed E-state index contributed by atoms with van der Waals surface area (Å²) in [6.45, 7) is 5.15. The Morgan fingerprint density at radius 1 is 1.40 bits per heavy atom. The highest BCUT2D eigenvalue weighted by atomic mass is 35.5. The first kappa shape index (κ1) is 21.6. The second kappa shape index (κ2) is 9.89. The van der Waals surface area contributed by atoms with Crippen LogP contribution in [0.2, 0.25) is 0 Å². The molecule has 8 heteroatoms. The molecule has 1 aromatic rings. The van der Waals surface area contributed by atoms with E-state index >= 15 is 0 Å². The zero-order valence-electron chi connectivity index (χ0n) is 14.4. The van der Waals surface area contributed by atoms with Gasteiger partial charge in [0.05, 0.1) is 19.2 Å².